The van der Waals surface area contributed by atoms with Gasteiger partial charge in [0.05, 0.1) is 4.83 Å². The second-order valence-corrected chi connectivity index (χ2v) is 4.61. The summed E-state index contributed by atoms with van der Waals surface area (Å²) in [4.78, 5) is 23.7. The highest BCUT2D eigenvalue weighted by Gasteiger charge is 2.28. The van der Waals surface area contributed by atoms with Crippen LogP contribution < -0.4 is 5.73 Å². The average Bonchev–Trinajstić information content (AvgIpc) is 2.43. The van der Waals surface area contributed by atoms with Crippen molar-refractivity contribution >= 4 is 27.7 Å². The molecule has 0 aromatic rings. The first-order chi connectivity index (χ1) is 6.61. The zero-order valence-corrected chi connectivity index (χ0v) is 9.63. The number of carbonyl (C=O) groups excluding carboxylic acids is 2. The van der Waals surface area contributed by atoms with Gasteiger partial charge in [-0.1, -0.05) is 15.9 Å². The Hall–Kier alpha value is -0.580. The molecule has 1 fully saturated rings. The minimum Gasteiger partial charge on any atom is -0.370 e. The highest BCUT2D eigenvalue weighted by molar-refractivity contribution is 9.10. The third kappa shape index (κ3) is 3.29. The summed E-state index contributed by atoms with van der Waals surface area (Å²) in [6, 6.07) is 0. The summed E-state index contributed by atoms with van der Waals surface area (Å²) >= 11 is 3.31. The van der Waals surface area contributed by atoms with E-state index in [0.717, 1.165) is 32.4 Å². The van der Waals surface area contributed by atoms with E-state index < -0.39 is 0 Å². The van der Waals surface area contributed by atoms with Gasteiger partial charge in [0.15, 0.2) is 0 Å². The van der Waals surface area contributed by atoms with Crippen LogP contribution in [0.15, 0.2) is 0 Å². The van der Waals surface area contributed by atoms with Crippen molar-refractivity contribution in [1.29, 1.82) is 0 Å². The molecule has 5 heteroatoms. The van der Waals surface area contributed by atoms with Crippen molar-refractivity contribution in [3.05, 3.63) is 0 Å². The number of nitrogens with two attached hydrogens (primary N) is 1. The van der Waals surface area contributed by atoms with E-state index in [4.69, 9.17) is 5.73 Å². The van der Waals surface area contributed by atoms with Gasteiger partial charge in [-0.2, -0.15) is 0 Å². The Labute approximate surface area is 91.9 Å². The van der Waals surface area contributed by atoms with Crippen LogP contribution in [0.5, 0.6) is 0 Å². The normalized spacial score (nSPS) is 21.6. The van der Waals surface area contributed by atoms with Crippen molar-refractivity contribution in [3.8, 4) is 0 Å². The van der Waals surface area contributed by atoms with Gasteiger partial charge in [0.2, 0.25) is 11.8 Å². The lowest BCUT2D eigenvalue weighted by Crippen LogP contribution is -2.28. The number of nitrogens with zero attached hydrogens (tertiary/aromatic N) is 1. The van der Waals surface area contributed by atoms with Crippen LogP contribution in [0, 0.1) is 0 Å². The molecule has 0 aromatic heterocycles. The molecule has 80 valence electrons. The summed E-state index contributed by atoms with van der Waals surface area (Å²) in [5.41, 5.74) is 5.01. The summed E-state index contributed by atoms with van der Waals surface area (Å²) in [6.45, 7) is 1.57. The van der Waals surface area contributed by atoms with Gasteiger partial charge < -0.3 is 10.6 Å². The highest BCUT2D eigenvalue weighted by Crippen LogP contribution is 2.18. The minimum absolute atomic E-state index is 0.00126. The third-order valence-corrected chi connectivity index (χ3v) is 3.18. The van der Waals surface area contributed by atoms with Gasteiger partial charge in [0, 0.05) is 19.5 Å². The van der Waals surface area contributed by atoms with Gasteiger partial charge in [-0.3, -0.25) is 9.59 Å². The summed E-state index contributed by atoms with van der Waals surface area (Å²) in [5, 5.41) is 0. The van der Waals surface area contributed by atoms with Crippen molar-refractivity contribution in [2.45, 2.75) is 30.5 Å². The standard InChI is InChI=1S/C9H15BrN2O2/c10-7-4-6-12(9(7)14)5-2-1-3-8(11)13/h7H,1-6H2,(H2,11,13). The van der Waals surface area contributed by atoms with Crippen LogP contribution in [0.4, 0.5) is 0 Å². The summed E-state index contributed by atoms with van der Waals surface area (Å²) in [5.74, 6) is -0.0970. The Morgan fingerprint density at radius 1 is 1.57 bits per heavy atom. The Balaban J connectivity index is 2.13. The maximum atomic E-state index is 11.4. The second-order valence-electron chi connectivity index (χ2n) is 3.50. The lowest BCUT2D eigenvalue weighted by Gasteiger charge is -2.14. The first-order valence-corrected chi connectivity index (χ1v) is 5.74. The fraction of sp³-hybridized carbons (Fsp3) is 0.778. The van der Waals surface area contributed by atoms with Gasteiger partial charge in [-0.25, -0.2) is 0 Å². The highest BCUT2D eigenvalue weighted by atomic mass is 79.9. The SMILES string of the molecule is NC(=O)CCCCN1CCC(Br)C1=O. The Morgan fingerprint density at radius 2 is 2.29 bits per heavy atom. The van der Waals surface area contributed by atoms with Crippen molar-refractivity contribution in [2.24, 2.45) is 5.73 Å². The largest absolute Gasteiger partial charge is 0.370 e. The number of likely N-dealkylation sites (tertiary alicyclic amines) is 1. The van der Waals surface area contributed by atoms with Gasteiger partial charge in [0.1, 0.15) is 0 Å². The van der Waals surface area contributed by atoms with E-state index >= 15 is 0 Å². The van der Waals surface area contributed by atoms with Crippen molar-refractivity contribution in [2.75, 3.05) is 13.1 Å². The number of rotatable bonds is 5. The molecule has 0 bridgehead atoms. The number of hydrogen-bond acceptors (Lipinski definition) is 2. The van der Waals surface area contributed by atoms with Crippen molar-refractivity contribution < 1.29 is 9.59 Å². The maximum Gasteiger partial charge on any atom is 0.236 e. The molecule has 1 aliphatic rings. The monoisotopic (exact) mass is 262 g/mol. The predicted octanol–water partition coefficient (Wildman–Crippen LogP) is 0.638. The van der Waals surface area contributed by atoms with E-state index in [1.165, 1.54) is 0 Å². The third-order valence-electron chi connectivity index (χ3n) is 2.33. The lowest BCUT2D eigenvalue weighted by atomic mass is 10.2. The molecule has 1 heterocycles. The molecule has 1 saturated heterocycles. The number of primary amides is 1. The minimum atomic E-state index is -0.267. The van der Waals surface area contributed by atoms with E-state index in [1.54, 1.807) is 0 Å². The first-order valence-electron chi connectivity index (χ1n) is 4.82. The average molecular weight is 263 g/mol. The van der Waals surface area contributed by atoms with E-state index in [0.29, 0.717) is 6.42 Å². The maximum absolute atomic E-state index is 11.4. The topological polar surface area (TPSA) is 63.4 Å². The zero-order valence-electron chi connectivity index (χ0n) is 8.04. The Morgan fingerprint density at radius 3 is 2.79 bits per heavy atom. The molecule has 0 saturated carbocycles. The number of alkyl halides is 1. The first kappa shape index (κ1) is 11.5. The summed E-state index contributed by atoms with van der Waals surface area (Å²) in [7, 11) is 0. The molecule has 2 amide bonds. The molecule has 1 aliphatic heterocycles. The molecule has 4 nitrogen and oxygen atoms in total. The number of unbranched alkanes of at least 4 members (excludes halogenated alkanes) is 1. The lowest BCUT2D eigenvalue weighted by molar-refractivity contribution is -0.127. The van der Waals surface area contributed by atoms with Crippen LogP contribution in [0.1, 0.15) is 25.7 Å². The van der Waals surface area contributed by atoms with Crippen LogP contribution in [0.25, 0.3) is 0 Å². The molecule has 2 N–H and O–H groups in total. The fourth-order valence-electron chi connectivity index (χ4n) is 1.52. The summed E-state index contributed by atoms with van der Waals surface area (Å²) in [6.07, 6.45) is 2.93. The zero-order chi connectivity index (χ0) is 10.6. The molecule has 1 unspecified atom stereocenters. The molecule has 0 spiro atoms. The number of halogens is 1. The van der Waals surface area contributed by atoms with Gasteiger partial charge >= 0.3 is 0 Å². The summed E-state index contributed by atoms with van der Waals surface area (Å²) < 4.78 is 0. The van der Waals surface area contributed by atoms with Crippen LogP contribution in [0.3, 0.4) is 0 Å². The van der Waals surface area contributed by atoms with Gasteiger partial charge in [0.25, 0.3) is 0 Å². The second kappa shape index (κ2) is 5.34. The van der Waals surface area contributed by atoms with Crippen LogP contribution in [-0.2, 0) is 9.59 Å². The van der Waals surface area contributed by atoms with Crippen molar-refractivity contribution in [3.63, 3.8) is 0 Å². The van der Waals surface area contributed by atoms with Crippen LogP contribution >= 0.6 is 15.9 Å². The molecular weight excluding hydrogens is 248 g/mol. The molecule has 0 aromatic carbocycles. The molecule has 1 rings (SSSR count). The molecule has 0 aliphatic carbocycles. The van der Waals surface area contributed by atoms with Gasteiger partial charge in [-0.15, -0.1) is 0 Å². The van der Waals surface area contributed by atoms with Gasteiger partial charge in [-0.05, 0) is 19.3 Å². The van der Waals surface area contributed by atoms with E-state index in [2.05, 4.69) is 15.9 Å². The van der Waals surface area contributed by atoms with E-state index in [9.17, 15) is 9.59 Å². The molecule has 14 heavy (non-hydrogen) atoms. The quantitative estimate of drug-likeness (QED) is 0.584. The van der Waals surface area contributed by atoms with Crippen molar-refractivity contribution in [1.82, 2.24) is 4.90 Å². The smallest absolute Gasteiger partial charge is 0.236 e. The van der Waals surface area contributed by atoms with E-state index in [1.807, 2.05) is 4.90 Å². The van der Waals surface area contributed by atoms with E-state index in [-0.39, 0.29) is 16.6 Å². The Bertz CT molecular complexity index is 233. The molecule has 0 radical (unpaired) electrons. The number of carbonyl (C=O) groups is 2. The number of hydrogen-bond donors (Lipinski definition) is 1. The molecule has 1 atom stereocenters. The fourth-order valence-corrected chi connectivity index (χ4v) is 2.02. The molecular formula is C9H15BrN2O2. The van der Waals surface area contributed by atoms with Crippen LogP contribution in [0.2, 0.25) is 0 Å². The predicted molar refractivity (Wildman–Crippen MR) is 57.0 cm³/mol. The van der Waals surface area contributed by atoms with Crippen LogP contribution in [-0.4, -0.2) is 34.6 Å². The Kier molecular flexibility index (Phi) is 4.38. The number of amides is 2.